The van der Waals surface area contributed by atoms with Crippen molar-refractivity contribution in [1.82, 2.24) is 10.2 Å². The van der Waals surface area contributed by atoms with Crippen LogP contribution >= 0.6 is 27.3 Å². The Labute approximate surface area is 125 Å². The van der Waals surface area contributed by atoms with E-state index < -0.39 is 0 Å². The van der Waals surface area contributed by atoms with Crippen LogP contribution in [0.15, 0.2) is 15.9 Å². The summed E-state index contributed by atoms with van der Waals surface area (Å²) in [7, 11) is 0. The number of hydrogen-bond donors (Lipinski definition) is 1. The molecule has 0 radical (unpaired) electrons. The van der Waals surface area contributed by atoms with Crippen LogP contribution in [0.2, 0.25) is 0 Å². The zero-order valence-corrected chi connectivity index (χ0v) is 13.2. The molecule has 1 aromatic rings. The highest BCUT2D eigenvalue weighted by molar-refractivity contribution is 9.11. The summed E-state index contributed by atoms with van der Waals surface area (Å²) >= 11 is 4.95. The van der Waals surface area contributed by atoms with Crippen LogP contribution in [0.3, 0.4) is 0 Å². The second-order valence-electron chi connectivity index (χ2n) is 4.79. The number of rotatable bonds is 5. The standard InChI is InChI=1S/C13H17BrN2O2S/c1-9(8-16-6-2-3-13(16)18)15-12(17)7-10-4-5-11(14)19-10/h4-5,9H,2-3,6-8H2,1H3,(H,15,17)/t9-/m0/s1. The van der Waals surface area contributed by atoms with Crippen LogP contribution in [-0.2, 0) is 16.0 Å². The Balaban J connectivity index is 1.76. The molecule has 19 heavy (non-hydrogen) atoms. The molecule has 0 bridgehead atoms. The summed E-state index contributed by atoms with van der Waals surface area (Å²) < 4.78 is 1.03. The van der Waals surface area contributed by atoms with Crippen LogP contribution in [0, 0.1) is 0 Å². The van der Waals surface area contributed by atoms with E-state index in [-0.39, 0.29) is 17.9 Å². The highest BCUT2D eigenvalue weighted by atomic mass is 79.9. The van der Waals surface area contributed by atoms with E-state index in [4.69, 9.17) is 0 Å². The van der Waals surface area contributed by atoms with Gasteiger partial charge in [0.15, 0.2) is 0 Å². The van der Waals surface area contributed by atoms with Crippen LogP contribution in [0.5, 0.6) is 0 Å². The lowest BCUT2D eigenvalue weighted by Crippen LogP contribution is -2.42. The molecule has 1 aliphatic rings. The predicted octanol–water partition coefficient (Wildman–Crippen LogP) is 2.18. The lowest BCUT2D eigenvalue weighted by atomic mass is 10.2. The van der Waals surface area contributed by atoms with Gasteiger partial charge >= 0.3 is 0 Å². The molecule has 2 heterocycles. The third-order valence-corrected chi connectivity index (χ3v) is 4.66. The zero-order chi connectivity index (χ0) is 13.8. The van der Waals surface area contributed by atoms with Gasteiger partial charge < -0.3 is 10.2 Å². The summed E-state index contributed by atoms with van der Waals surface area (Å²) in [6.07, 6.45) is 1.97. The highest BCUT2D eigenvalue weighted by Gasteiger charge is 2.22. The van der Waals surface area contributed by atoms with Gasteiger partial charge in [-0.2, -0.15) is 0 Å². The SMILES string of the molecule is C[C@@H](CN1CCCC1=O)NC(=O)Cc1ccc(Br)s1. The maximum Gasteiger partial charge on any atom is 0.225 e. The minimum Gasteiger partial charge on any atom is -0.352 e. The maximum absolute atomic E-state index is 11.9. The lowest BCUT2D eigenvalue weighted by Gasteiger charge is -2.21. The van der Waals surface area contributed by atoms with E-state index in [0.29, 0.717) is 19.4 Å². The Kier molecular flexibility index (Phi) is 4.99. The van der Waals surface area contributed by atoms with E-state index in [0.717, 1.165) is 21.6 Å². The molecule has 0 aliphatic carbocycles. The monoisotopic (exact) mass is 344 g/mol. The van der Waals surface area contributed by atoms with Gasteiger partial charge in [0.2, 0.25) is 11.8 Å². The molecule has 1 aliphatic heterocycles. The molecule has 4 nitrogen and oxygen atoms in total. The molecule has 0 aromatic carbocycles. The average molecular weight is 345 g/mol. The van der Waals surface area contributed by atoms with Crippen molar-refractivity contribution in [2.45, 2.75) is 32.2 Å². The predicted molar refractivity (Wildman–Crippen MR) is 79.1 cm³/mol. The fourth-order valence-corrected chi connectivity index (χ4v) is 3.69. The summed E-state index contributed by atoms with van der Waals surface area (Å²) in [5.41, 5.74) is 0. The quantitative estimate of drug-likeness (QED) is 0.889. The third kappa shape index (κ3) is 4.31. The van der Waals surface area contributed by atoms with Crippen LogP contribution in [0.4, 0.5) is 0 Å². The maximum atomic E-state index is 11.9. The molecule has 1 saturated heterocycles. The van der Waals surface area contributed by atoms with Crippen LogP contribution in [0.25, 0.3) is 0 Å². The first-order valence-electron chi connectivity index (χ1n) is 6.36. The Morgan fingerprint density at radius 2 is 2.37 bits per heavy atom. The highest BCUT2D eigenvalue weighted by Crippen LogP contribution is 2.22. The number of hydrogen-bond acceptors (Lipinski definition) is 3. The fraction of sp³-hybridized carbons (Fsp3) is 0.538. The molecular formula is C13H17BrN2O2S. The molecule has 0 spiro atoms. The first kappa shape index (κ1) is 14.5. The molecule has 1 atom stereocenters. The Morgan fingerprint density at radius 1 is 1.58 bits per heavy atom. The summed E-state index contributed by atoms with van der Waals surface area (Å²) in [5, 5.41) is 2.94. The normalized spacial score (nSPS) is 16.7. The van der Waals surface area contributed by atoms with Gasteiger partial charge in [-0.05, 0) is 41.4 Å². The van der Waals surface area contributed by atoms with E-state index >= 15 is 0 Å². The van der Waals surface area contributed by atoms with Crippen LogP contribution in [0.1, 0.15) is 24.6 Å². The lowest BCUT2D eigenvalue weighted by molar-refractivity contribution is -0.129. The van der Waals surface area contributed by atoms with E-state index in [1.54, 1.807) is 11.3 Å². The summed E-state index contributed by atoms with van der Waals surface area (Å²) in [6, 6.07) is 3.89. The first-order valence-corrected chi connectivity index (χ1v) is 7.97. The van der Waals surface area contributed by atoms with Gasteiger partial charge in [-0.25, -0.2) is 0 Å². The molecule has 1 N–H and O–H groups in total. The van der Waals surface area contributed by atoms with Gasteiger partial charge in [-0.15, -0.1) is 11.3 Å². The molecule has 0 saturated carbocycles. The Morgan fingerprint density at radius 3 is 2.95 bits per heavy atom. The van der Waals surface area contributed by atoms with Crippen molar-refractivity contribution in [2.24, 2.45) is 0 Å². The number of likely N-dealkylation sites (tertiary alicyclic amines) is 1. The number of carbonyl (C=O) groups is 2. The molecule has 6 heteroatoms. The first-order chi connectivity index (χ1) is 9.04. The number of carbonyl (C=O) groups excluding carboxylic acids is 2. The average Bonchev–Trinajstić information content (AvgIpc) is 2.89. The van der Waals surface area contributed by atoms with E-state index in [9.17, 15) is 9.59 Å². The molecule has 0 unspecified atom stereocenters. The van der Waals surface area contributed by atoms with Crippen molar-refractivity contribution >= 4 is 39.1 Å². The van der Waals surface area contributed by atoms with Crippen molar-refractivity contribution in [3.63, 3.8) is 0 Å². The van der Waals surface area contributed by atoms with Crippen LogP contribution < -0.4 is 5.32 Å². The molecule has 2 rings (SSSR count). The number of thiophene rings is 1. The second kappa shape index (κ2) is 6.52. The van der Waals surface area contributed by atoms with Crippen molar-refractivity contribution in [3.8, 4) is 0 Å². The summed E-state index contributed by atoms with van der Waals surface area (Å²) in [6.45, 7) is 3.36. The summed E-state index contributed by atoms with van der Waals surface area (Å²) in [5.74, 6) is 0.205. The minimum atomic E-state index is -0.00190. The van der Waals surface area contributed by atoms with Gasteiger partial charge in [-0.3, -0.25) is 9.59 Å². The molecule has 1 aromatic heterocycles. The minimum absolute atomic E-state index is 0.00190. The van der Waals surface area contributed by atoms with Crippen molar-refractivity contribution in [2.75, 3.05) is 13.1 Å². The van der Waals surface area contributed by atoms with Gasteiger partial charge in [0, 0.05) is 30.4 Å². The third-order valence-electron chi connectivity index (χ3n) is 3.04. The number of nitrogens with zero attached hydrogens (tertiary/aromatic N) is 1. The van der Waals surface area contributed by atoms with E-state index in [2.05, 4.69) is 21.2 Å². The van der Waals surface area contributed by atoms with Crippen LogP contribution in [-0.4, -0.2) is 35.8 Å². The Hall–Kier alpha value is -0.880. The Bertz CT molecular complexity index is 475. The topological polar surface area (TPSA) is 49.4 Å². The van der Waals surface area contributed by atoms with Gasteiger partial charge in [0.05, 0.1) is 10.2 Å². The van der Waals surface area contributed by atoms with E-state index in [1.807, 2.05) is 24.0 Å². The van der Waals surface area contributed by atoms with E-state index in [1.165, 1.54) is 0 Å². The van der Waals surface area contributed by atoms with Crippen molar-refractivity contribution < 1.29 is 9.59 Å². The van der Waals surface area contributed by atoms with Gasteiger partial charge in [0.1, 0.15) is 0 Å². The van der Waals surface area contributed by atoms with Crippen molar-refractivity contribution in [1.29, 1.82) is 0 Å². The summed E-state index contributed by atoms with van der Waals surface area (Å²) in [4.78, 5) is 26.2. The smallest absolute Gasteiger partial charge is 0.225 e. The molecule has 2 amide bonds. The zero-order valence-electron chi connectivity index (χ0n) is 10.8. The second-order valence-corrected chi connectivity index (χ2v) is 7.34. The fourth-order valence-electron chi connectivity index (χ4n) is 2.20. The van der Waals surface area contributed by atoms with Crippen molar-refractivity contribution in [3.05, 3.63) is 20.8 Å². The molecule has 1 fully saturated rings. The molecule has 104 valence electrons. The van der Waals surface area contributed by atoms with Gasteiger partial charge in [0.25, 0.3) is 0 Å². The van der Waals surface area contributed by atoms with Gasteiger partial charge in [-0.1, -0.05) is 0 Å². The number of nitrogens with one attached hydrogen (secondary N) is 1. The number of halogens is 1. The largest absolute Gasteiger partial charge is 0.352 e. The molecular weight excluding hydrogens is 328 g/mol. The number of amides is 2.